The first-order valence-corrected chi connectivity index (χ1v) is 7.19. The van der Waals surface area contributed by atoms with E-state index < -0.39 is 21.6 Å². The number of halogens is 3. The van der Waals surface area contributed by atoms with Gasteiger partial charge >= 0.3 is 15.0 Å². The summed E-state index contributed by atoms with van der Waals surface area (Å²) < 4.78 is 51.6. The van der Waals surface area contributed by atoms with Gasteiger partial charge < -0.3 is 13.3 Å². The number of hydrogen-bond donors (Lipinski definition) is 0. The molecule has 0 aliphatic rings. The van der Waals surface area contributed by atoms with Crippen LogP contribution in [0, 0.1) is 0 Å². The van der Waals surface area contributed by atoms with Crippen molar-refractivity contribution >= 4 is 8.80 Å². The normalized spacial score (nSPS) is 12.7. The molecule has 0 aliphatic heterocycles. The summed E-state index contributed by atoms with van der Waals surface area (Å²) in [5, 5.41) is 0. The Morgan fingerprint density at radius 2 is 1.61 bits per heavy atom. The zero-order valence-corrected chi connectivity index (χ0v) is 11.2. The lowest BCUT2D eigenvalue weighted by Gasteiger charge is -2.27. The maximum Gasteiger partial charge on any atom is 0.505 e. The van der Waals surface area contributed by atoms with E-state index in [0.717, 1.165) is 5.56 Å². The first-order valence-electron chi connectivity index (χ1n) is 5.26. The molecule has 18 heavy (non-hydrogen) atoms. The van der Waals surface area contributed by atoms with Crippen molar-refractivity contribution in [3.05, 3.63) is 35.9 Å². The molecule has 0 aromatic heterocycles. The van der Waals surface area contributed by atoms with Gasteiger partial charge in [-0.3, -0.25) is 0 Å². The minimum absolute atomic E-state index is 0.205. The van der Waals surface area contributed by atoms with Crippen LogP contribution in [0.15, 0.2) is 30.3 Å². The Bertz CT molecular complexity index is 352. The molecule has 0 unspecified atom stereocenters. The second-order valence-corrected chi connectivity index (χ2v) is 6.48. The minimum Gasteiger partial charge on any atom is -0.377 e. The monoisotopic (exact) mass is 280 g/mol. The Labute approximate surface area is 105 Å². The van der Waals surface area contributed by atoms with Crippen molar-refractivity contribution in [1.82, 2.24) is 0 Å². The van der Waals surface area contributed by atoms with E-state index in [2.05, 4.69) is 0 Å². The summed E-state index contributed by atoms with van der Waals surface area (Å²) >= 11 is 0. The molecule has 0 saturated carbocycles. The van der Waals surface area contributed by atoms with E-state index in [0.29, 0.717) is 0 Å². The Morgan fingerprint density at radius 1 is 1.06 bits per heavy atom. The van der Waals surface area contributed by atoms with Crippen LogP contribution in [0.25, 0.3) is 0 Å². The second kappa shape index (κ2) is 6.33. The largest absolute Gasteiger partial charge is 0.505 e. The van der Waals surface area contributed by atoms with E-state index >= 15 is 0 Å². The molecule has 1 rings (SSSR count). The van der Waals surface area contributed by atoms with Crippen molar-refractivity contribution in [2.45, 2.75) is 12.2 Å². The molecule has 1 aromatic carbocycles. The van der Waals surface area contributed by atoms with Crippen LogP contribution in [-0.2, 0) is 19.3 Å². The number of alkyl halides is 3. The van der Waals surface area contributed by atoms with Gasteiger partial charge in [0.05, 0.1) is 0 Å². The Balaban J connectivity index is 2.74. The highest BCUT2D eigenvalue weighted by Crippen LogP contribution is 2.21. The van der Waals surface area contributed by atoms with E-state index in [1.807, 2.05) is 6.07 Å². The average Bonchev–Trinajstić information content (AvgIpc) is 2.35. The Kier molecular flexibility index (Phi) is 5.33. The molecule has 0 bridgehead atoms. The predicted octanol–water partition coefficient (Wildman–Crippen LogP) is 2.58. The summed E-state index contributed by atoms with van der Waals surface area (Å²) in [7, 11) is -0.713. The number of benzene rings is 1. The Morgan fingerprint density at radius 3 is 2.06 bits per heavy atom. The molecule has 0 heterocycles. The smallest absolute Gasteiger partial charge is 0.377 e. The summed E-state index contributed by atoms with van der Waals surface area (Å²) in [5.41, 5.74) is 0.815. The summed E-state index contributed by atoms with van der Waals surface area (Å²) in [6.07, 6.45) is -4.40. The maximum absolute atomic E-state index is 12.2. The average molecular weight is 280 g/mol. The van der Waals surface area contributed by atoms with E-state index in [-0.39, 0.29) is 6.04 Å². The van der Waals surface area contributed by atoms with Crippen molar-refractivity contribution in [2.24, 2.45) is 0 Å². The third-order valence-electron chi connectivity index (χ3n) is 2.34. The van der Waals surface area contributed by atoms with Crippen molar-refractivity contribution < 1.29 is 26.4 Å². The standard InChI is InChI=1S/C11H15F3O3Si/c1-15-18(16-2,17-9-11(12,13)14)8-10-6-4-3-5-7-10/h3-7H,8-9H2,1-2H3. The van der Waals surface area contributed by atoms with Gasteiger partial charge in [-0.15, -0.1) is 0 Å². The van der Waals surface area contributed by atoms with Crippen molar-refractivity contribution in [1.29, 1.82) is 0 Å². The van der Waals surface area contributed by atoms with Crippen LogP contribution in [-0.4, -0.2) is 35.8 Å². The van der Waals surface area contributed by atoms with E-state index in [1.165, 1.54) is 14.2 Å². The molecular formula is C11H15F3O3Si. The van der Waals surface area contributed by atoms with Crippen LogP contribution < -0.4 is 0 Å². The van der Waals surface area contributed by atoms with E-state index in [4.69, 9.17) is 13.3 Å². The van der Waals surface area contributed by atoms with Gasteiger partial charge in [0.2, 0.25) is 0 Å². The molecule has 0 amide bonds. The topological polar surface area (TPSA) is 27.7 Å². The van der Waals surface area contributed by atoms with Gasteiger partial charge in [0.15, 0.2) is 0 Å². The van der Waals surface area contributed by atoms with Crippen LogP contribution in [0.1, 0.15) is 5.56 Å². The lowest BCUT2D eigenvalue weighted by Crippen LogP contribution is -2.48. The van der Waals surface area contributed by atoms with Crippen LogP contribution >= 0.6 is 0 Å². The quantitative estimate of drug-likeness (QED) is 0.750. The van der Waals surface area contributed by atoms with Gasteiger partial charge in [0.25, 0.3) is 0 Å². The molecule has 0 fully saturated rings. The van der Waals surface area contributed by atoms with Crippen molar-refractivity contribution in [3.63, 3.8) is 0 Å². The minimum atomic E-state index is -4.40. The molecule has 0 saturated heterocycles. The third kappa shape index (κ3) is 4.77. The van der Waals surface area contributed by atoms with Crippen LogP contribution in [0.4, 0.5) is 13.2 Å². The van der Waals surface area contributed by atoms with Gasteiger partial charge in [-0.2, -0.15) is 13.2 Å². The molecular weight excluding hydrogens is 265 g/mol. The fraction of sp³-hybridized carbons (Fsp3) is 0.455. The number of hydrogen-bond acceptors (Lipinski definition) is 3. The van der Waals surface area contributed by atoms with Gasteiger partial charge in [-0.05, 0) is 5.56 Å². The first-order chi connectivity index (χ1) is 8.41. The molecule has 3 nitrogen and oxygen atoms in total. The summed E-state index contributed by atoms with van der Waals surface area (Å²) in [6.45, 7) is -1.37. The molecule has 1 aromatic rings. The second-order valence-electron chi connectivity index (χ2n) is 3.66. The predicted molar refractivity (Wildman–Crippen MR) is 61.9 cm³/mol. The van der Waals surface area contributed by atoms with E-state index in [1.54, 1.807) is 24.3 Å². The lowest BCUT2D eigenvalue weighted by molar-refractivity contribution is -0.163. The van der Waals surface area contributed by atoms with Gasteiger partial charge in [-0.25, -0.2) is 0 Å². The molecule has 0 N–H and O–H groups in total. The fourth-order valence-electron chi connectivity index (χ4n) is 1.43. The molecule has 0 spiro atoms. The molecule has 7 heteroatoms. The first kappa shape index (κ1) is 15.2. The molecule has 0 aliphatic carbocycles. The Hall–Kier alpha value is -0.893. The highest BCUT2D eigenvalue weighted by Gasteiger charge is 2.43. The van der Waals surface area contributed by atoms with Crippen molar-refractivity contribution in [2.75, 3.05) is 20.8 Å². The van der Waals surface area contributed by atoms with Crippen LogP contribution in [0.3, 0.4) is 0 Å². The van der Waals surface area contributed by atoms with Gasteiger partial charge in [-0.1, -0.05) is 30.3 Å². The molecule has 102 valence electrons. The highest BCUT2D eigenvalue weighted by molar-refractivity contribution is 6.60. The van der Waals surface area contributed by atoms with Crippen LogP contribution in [0.5, 0.6) is 0 Å². The zero-order valence-electron chi connectivity index (χ0n) is 10.2. The third-order valence-corrected chi connectivity index (χ3v) is 5.01. The zero-order chi connectivity index (χ0) is 13.6. The highest BCUT2D eigenvalue weighted by atomic mass is 28.4. The summed E-state index contributed by atoms with van der Waals surface area (Å²) in [5.74, 6) is 0. The lowest BCUT2D eigenvalue weighted by atomic mass is 10.2. The number of rotatable bonds is 6. The van der Waals surface area contributed by atoms with Crippen molar-refractivity contribution in [3.8, 4) is 0 Å². The van der Waals surface area contributed by atoms with Gasteiger partial charge in [0.1, 0.15) is 6.61 Å². The van der Waals surface area contributed by atoms with E-state index in [9.17, 15) is 13.2 Å². The van der Waals surface area contributed by atoms with Crippen LogP contribution in [0.2, 0.25) is 0 Å². The summed E-state index contributed by atoms with van der Waals surface area (Å²) in [6, 6.07) is 9.19. The van der Waals surface area contributed by atoms with Gasteiger partial charge in [0, 0.05) is 20.3 Å². The molecule has 0 radical (unpaired) electrons. The SMILES string of the molecule is CO[Si](Cc1ccccc1)(OC)OCC(F)(F)F. The maximum atomic E-state index is 12.2. The fourth-order valence-corrected chi connectivity index (χ4v) is 3.35. The summed E-state index contributed by atoms with van der Waals surface area (Å²) in [4.78, 5) is 0. The molecule has 0 atom stereocenters.